The molecule has 20 nitrogen and oxygen atoms in total. The average molecular weight is 753 g/mol. The fraction of sp³-hybridized carbons (Fsp3) is 1.00. The molecule has 3 aliphatic heterocycles. The van der Waals surface area contributed by atoms with Gasteiger partial charge in [-0.05, 0) is 64.7 Å². The largest absolute Gasteiger partial charge is 0.389 e. The molecule has 52 heavy (non-hydrogen) atoms. The highest BCUT2D eigenvalue weighted by Crippen LogP contribution is 2.32. The van der Waals surface area contributed by atoms with Crippen LogP contribution in [0.15, 0.2) is 0 Å². The van der Waals surface area contributed by atoms with Crippen molar-refractivity contribution < 1.29 is 59.8 Å². The van der Waals surface area contributed by atoms with E-state index in [9.17, 15) is 40.9 Å². The Morgan fingerprint density at radius 1 is 0.481 bits per heavy atom. The minimum atomic E-state index is -1.37. The van der Waals surface area contributed by atoms with Gasteiger partial charge >= 0.3 is 0 Å². The van der Waals surface area contributed by atoms with E-state index in [2.05, 4.69) is 9.80 Å². The first-order valence-electron chi connectivity index (χ1n) is 18.7. The molecule has 0 aromatic rings. The Bertz CT molecular complexity index is 1010. The summed E-state index contributed by atoms with van der Waals surface area (Å²) in [6, 6.07) is -4.52. The Hall–Kier alpha value is -0.800. The summed E-state index contributed by atoms with van der Waals surface area (Å²) in [5.74, 6) is 0. The van der Waals surface area contributed by atoms with E-state index in [4.69, 9.17) is 53.3 Å². The molecule has 3 heterocycles. The third-order valence-corrected chi connectivity index (χ3v) is 11.8. The molecule has 20 N–H and O–H groups in total. The molecule has 5 aliphatic rings. The molecule has 2 saturated carbocycles. The molecule has 0 amide bonds. The molecule has 2 aliphatic carbocycles. The number of hydrogen-bond acceptors (Lipinski definition) is 20. The number of ether oxygens (including phenoxy) is 4. The molecule has 10 unspecified atom stereocenters. The average Bonchev–Trinajstić information content (AvgIpc) is 3.13. The lowest BCUT2D eigenvalue weighted by atomic mass is 9.82. The molecular weight excluding hydrogens is 688 g/mol. The van der Waals surface area contributed by atoms with Crippen molar-refractivity contribution >= 4 is 0 Å². The number of aliphatic hydroxyl groups excluding tert-OH is 8. The van der Waals surface area contributed by atoms with Crippen molar-refractivity contribution in [1.82, 2.24) is 9.80 Å². The Balaban J connectivity index is 1.13. The monoisotopic (exact) mass is 752 g/mol. The second-order valence-corrected chi connectivity index (χ2v) is 15.3. The summed E-state index contributed by atoms with van der Waals surface area (Å²) in [7, 11) is 0. The molecule has 0 radical (unpaired) electrons. The van der Waals surface area contributed by atoms with Gasteiger partial charge in [-0.1, -0.05) is 0 Å². The van der Waals surface area contributed by atoms with Crippen LogP contribution in [0.5, 0.6) is 0 Å². The number of nitrogens with zero attached hydrogens (tertiary/aromatic N) is 2. The molecule has 5 rings (SSSR count). The van der Waals surface area contributed by atoms with Crippen molar-refractivity contribution in [3.05, 3.63) is 0 Å². The predicted molar refractivity (Wildman–Crippen MR) is 184 cm³/mol. The maximum atomic E-state index is 11.3. The highest BCUT2D eigenvalue weighted by atomic mass is 16.7. The zero-order valence-corrected chi connectivity index (χ0v) is 29.6. The zero-order chi connectivity index (χ0) is 38.0. The molecule has 0 bridgehead atoms. The first-order valence-corrected chi connectivity index (χ1v) is 18.7. The quantitative estimate of drug-likeness (QED) is 0.109. The Labute approximate surface area is 303 Å². The van der Waals surface area contributed by atoms with Gasteiger partial charge in [-0.25, -0.2) is 0 Å². The standard InChI is InChI=1S/C32H64N8O12/c33-11-17-23(43)25(45)19(37)31(49-17)51-29-13(35)9-15(21(41)27(29)47)39-5-1-2-6-40(8-4-3-7-39)16-10-14(36)30(28(48)22(16)42)52-32-20(38)26(46)24(44)18(12-34)50-32/h13-32,41-48H,1-12,33-38H2/t13?,14?,15?,16?,17-,18+,19-,20+,21?,22?,23-,24+,25+,26-,27?,28?,29?,30?,31-,32+. The van der Waals surface area contributed by atoms with Gasteiger partial charge in [-0.3, -0.25) is 9.80 Å². The molecule has 0 aromatic heterocycles. The summed E-state index contributed by atoms with van der Waals surface area (Å²) in [5.41, 5.74) is 36.5. The number of hydrogen-bond donors (Lipinski definition) is 14. The van der Waals surface area contributed by atoms with Crippen LogP contribution >= 0.6 is 0 Å². The SMILES string of the molecule is NC[C@@H]1O[C@@H](OC2C(N)CC(N3CCCCN(C4CC(N)C(O[C@H]5O[C@H](CN)[C@@H](O)[C@@H](O)[C@H]5N)C(O)C4O)CCCC3)C(O)C2O)[C@@H](N)[C@@H](O)[C@H]1O. The lowest BCUT2D eigenvalue weighted by Gasteiger charge is -2.49. The smallest absolute Gasteiger partial charge is 0.176 e. The normalized spacial score (nSPS) is 50.9. The van der Waals surface area contributed by atoms with Crippen LogP contribution in [-0.4, -0.2) is 212 Å². The number of rotatable bonds is 8. The van der Waals surface area contributed by atoms with E-state index in [1.165, 1.54) is 0 Å². The Morgan fingerprint density at radius 2 is 0.808 bits per heavy atom. The summed E-state index contributed by atoms with van der Waals surface area (Å²) in [5, 5.41) is 86.1. The van der Waals surface area contributed by atoms with E-state index in [1.54, 1.807) is 0 Å². The maximum absolute atomic E-state index is 11.3. The zero-order valence-electron chi connectivity index (χ0n) is 29.6. The van der Waals surface area contributed by atoms with E-state index in [0.717, 1.165) is 25.7 Å². The van der Waals surface area contributed by atoms with Gasteiger partial charge in [0.1, 0.15) is 61.0 Å². The fourth-order valence-corrected chi connectivity index (χ4v) is 8.54. The van der Waals surface area contributed by atoms with Gasteiger partial charge in [0, 0.05) is 37.3 Å². The Morgan fingerprint density at radius 3 is 1.12 bits per heavy atom. The summed E-state index contributed by atoms with van der Waals surface area (Å²) < 4.78 is 23.2. The first kappa shape index (κ1) is 42.3. The number of aliphatic hydroxyl groups is 8. The molecule has 0 spiro atoms. The molecule has 304 valence electrons. The molecule has 0 aromatic carbocycles. The predicted octanol–water partition coefficient (Wildman–Crippen LogP) is -7.96. The van der Waals surface area contributed by atoms with Crippen LogP contribution in [0, 0.1) is 0 Å². The molecular formula is C32H64N8O12. The lowest BCUT2D eigenvalue weighted by molar-refractivity contribution is -0.290. The van der Waals surface area contributed by atoms with Gasteiger partial charge in [-0.15, -0.1) is 0 Å². The van der Waals surface area contributed by atoms with Crippen molar-refractivity contribution in [3.63, 3.8) is 0 Å². The van der Waals surface area contributed by atoms with Crippen molar-refractivity contribution in [2.75, 3.05) is 39.3 Å². The minimum absolute atomic E-state index is 0.0881. The molecule has 20 atom stereocenters. The minimum Gasteiger partial charge on any atom is -0.389 e. The van der Waals surface area contributed by atoms with E-state index in [-0.39, 0.29) is 13.1 Å². The fourth-order valence-electron chi connectivity index (χ4n) is 8.54. The summed E-state index contributed by atoms with van der Waals surface area (Å²) in [4.78, 5) is 4.29. The first-order chi connectivity index (χ1) is 24.7. The van der Waals surface area contributed by atoms with Crippen molar-refractivity contribution in [3.8, 4) is 0 Å². The third kappa shape index (κ3) is 8.92. The molecule has 5 fully saturated rings. The van der Waals surface area contributed by atoms with Crippen molar-refractivity contribution in [2.45, 2.75) is 161 Å². The van der Waals surface area contributed by atoms with Crippen LogP contribution in [-0.2, 0) is 18.9 Å². The van der Waals surface area contributed by atoms with Gasteiger partial charge in [0.2, 0.25) is 0 Å². The van der Waals surface area contributed by atoms with Crippen LogP contribution < -0.4 is 34.4 Å². The highest BCUT2D eigenvalue weighted by Gasteiger charge is 2.51. The van der Waals surface area contributed by atoms with Crippen molar-refractivity contribution in [2.24, 2.45) is 34.4 Å². The van der Waals surface area contributed by atoms with Crippen LogP contribution in [0.2, 0.25) is 0 Å². The second-order valence-electron chi connectivity index (χ2n) is 15.3. The van der Waals surface area contributed by atoms with Gasteiger partial charge in [-0.2, -0.15) is 0 Å². The van der Waals surface area contributed by atoms with Crippen LogP contribution in [0.1, 0.15) is 38.5 Å². The van der Waals surface area contributed by atoms with Gasteiger partial charge in [0.05, 0.1) is 24.3 Å². The van der Waals surface area contributed by atoms with Gasteiger partial charge < -0.3 is 94.2 Å². The Kier molecular flexibility index (Phi) is 15.0. The highest BCUT2D eigenvalue weighted by molar-refractivity contribution is 5.03. The maximum Gasteiger partial charge on any atom is 0.176 e. The van der Waals surface area contributed by atoms with E-state index in [0.29, 0.717) is 39.0 Å². The topological polar surface area (TPSA) is 361 Å². The van der Waals surface area contributed by atoms with Crippen LogP contribution in [0.25, 0.3) is 0 Å². The van der Waals surface area contributed by atoms with Crippen LogP contribution in [0.4, 0.5) is 0 Å². The molecule has 20 heteroatoms. The summed E-state index contributed by atoms with van der Waals surface area (Å²) >= 11 is 0. The summed E-state index contributed by atoms with van der Waals surface area (Å²) in [6.07, 6.45) is -13.2. The van der Waals surface area contributed by atoms with E-state index in [1.807, 2.05) is 0 Å². The summed E-state index contributed by atoms with van der Waals surface area (Å²) in [6.45, 7) is 2.31. The van der Waals surface area contributed by atoms with E-state index < -0.39 is 122 Å². The van der Waals surface area contributed by atoms with Crippen molar-refractivity contribution in [1.29, 1.82) is 0 Å². The third-order valence-electron chi connectivity index (χ3n) is 11.8. The second kappa shape index (κ2) is 18.4. The lowest BCUT2D eigenvalue weighted by Crippen LogP contribution is -2.68. The van der Waals surface area contributed by atoms with E-state index >= 15 is 0 Å². The van der Waals surface area contributed by atoms with Gasteiger partial charge in [0.15, 0.2) is 12.6 Å². The van der Waals surface area contributed by atoms with Gasteiger partial charge in [0.25, 0.3) is 0 Å². The molecule has 3 saturated heterocycles. The number of nitrogens with two attached hydrogens (primary N) is 6. The van der Waals surface area contributed by atoms with Crippen LogP contribution in [0.3, 0.4) is 0 Å².